The summed E-state index contributed by atoms with van der Waals surface area (Å²) in [7, 11) is 0. The first-order chi connectivity index (χ1) is 4.83. The number of hydrogen-bond acceptors (Lipinski definition) is 2. The molecule has 0 saturated heterocycles. The highest BCUT2D eigenvalue weighted by Gasteiger charge is 2.03. The predicted molar refractivity (Wildman–Crippen MR) is 39.0 cm³/mol. The fourth-order valence-corrected chi connectivity index (χ4v) is 0.814. The van der Waals surface area contributed by atoms with E-state index in [0.717, 1.165) is 5.69 Å². The molecule has 0 fully saturated rings. The summed E-state index contributed by atoms with van der Waals surface area (Å²) in [4.78, 5) is 6.67. The van der Waals surface area contributed by atoms with E-state index >= 15 is 0 Å². The molecule has 0 amide bonds. The zero-order valence-corrected chi connectivity index (χ0v) is 6.17. The maximum absolute atomic E-state index is 9.05. The highest BCUT2D eigenvalue weighted by molar-refractivity contribution is 6.18. The molecule has 1 rings (SSSR count). The average Bonchev–Trinajstić information content (AvgIpc) is 2.40. The molecule has 1 atom stereocenters. The van der Waals surface area contributed by atoms with Crippen LogP contribution in [0.1, 0.15) is 5.69 Å². The first-order valence-electron chi connectivity index (χ1n) is 3.04. The second-order valence-corrected chi connectivity index (χ2v) is 2.40. The number of rotatable bonds is 3. The SMILES string of the molecule is OC(CCl)Cc1cnc[nH]1. The molecular formula is C6H9ClN2O. The van der Waals surface area contributed by atoms with Gasteiger partial charge in [-0.3, -0.25) is 0 Å². The Morgan fingerprint density at radius 2 is 2.60 bits per heavy atom. The third kappa shape index (κ3) is 2.01. The van der Waals surface area contributed by atoms with Crippen LogP contribution in [-0.4, -0.2) is 27.1 Å². The number of alkyl halides is 1. The largest absolute Gasteiger partial charge is 0.391 e. The Labute approximate surface area is 64.1 Å². The lowest BCUT2D eigenvalue weighted by atomic mass is 10.2. The molecule has 0 saturated carbocycles. The van der Waals surface area contributed by atoms with Crippen LogP contribution >= 0.6 is 11.6 Å². The Kier molecular flexibility index (Phi) is 2.71. The fourth-order valence-electron chi connectivity index (χ4n) is 0.705. The smallest absolute Gasteiger partial charge is 0.0921 e. The minimum atomic E-state index is -0.470. The first kappa shape index (κ1) is 7.57. The van der Waals surface area contributed by atoms with Crippen LogP contribution in [0.25, 0.3) is 0 Å². The van der Waals surface area contributed by atoms with Gasteiger partial charge in [0.2, 0.25) is 0 Å². The molecule has 0 aliphatic heterocycles. The van der Waals surface area contributed by atoms with Crippen molar-refractivity contribution in [1.82, 2.24) is 9.97 Å². The molecule has 10 heavy (non-hydrogen) atoms. The van der Waals surface area contributed by atoms with Gasteiger partial charge in [0, 0.05) is 24.2 Å². The monoisotopic (exact) mass is 160 g/mol. The maximum Gasteiger partial charge on any atom is 0.0921 e. The summed E-state index contributed by atoms with van der Waals surface area (Å²) in [6.45, 7) is 0. The zero-order valence-electron chi connectivity index (χ0n) is 5.42. The maximum atomic E-state index is 9.05. The van der Waals surface area contributed by atoms with Crippen LogP contribution in [0.15, 0.2) is 12.5 Å². The van der Waals surface area contributed by atoms with Gasteiger partial charge in [-0.25, -0.2) is 4.98 Å². The van der Waals surface area contributed by atoms with Crippen LogP contribution in [0, 0.1) is 0 Å². The van der Waals surface area contributed by atoms with Crippen LogP contribution < -0.4 is 0 Å². The van der Waals surface area contributed by atoms with Gasteiger partial charge in [-0.05, 0) is 0 Å². The van der Waals surface area contributed by atoms with Crippen molar-refractivity contribution >= 4 is 11.6 Å². The van der Waals surface area contributed by atoms with Crippen molar-refractivity contribution in [2.24, 2.45) is 0 Å². The van der Waals surface area contributed by atoms with Gasteiger partial charge in [0.15, 0.2) is 0 Å². The number of halogens is 1. The number of imidazole rings is 1. The normalized spacial score (nSPS) is 13.4. The van der Waals surface area contributed by atoms with E-state index in [-0.39, 0.29) is 5.88 Å². The number of nitrogens with one attached hydrogen (secondary N) is 1. The number of aliphatic hydroxyl groups excluding tert-OH is 1. The Morgan fingerprint density at radius 1 is 1.80 bits per heavy atom. The van der Waals surface area contributed by atoms with Crippen LogP contribution in [0.3, 0.4) is 0 Å². The Balaban J connectivity index is 2.40. The third-order valence-corrected chi connectivity index (χ3v) is 1.54. The van der Waals surface area contributed by atoms with Gasteiger partial charge < -0.3 is 10.1 Å². The van der Waals surface area contributed by atoms with Gasteiger partial charge in [-0.1, -0.05) is 0 Å². The van der Waals surface area contributed by atoms with Crippen molar-refractivity contribution in [2.75, 3.05) is 5.88 Å². The standard InChI is InChI=1S/C6H9ClN2O/c7-2-6(10)1-5-3-8-4-9-5/h3-4,6,10H,1-2H2,(H,8,9). The Morgan fingerprint density at radius 3 is 3.10 bits per heavy atom. The van der Waals surface area contributed by atoms with Crippen molar-refractivity contribution in [3.63, 3.8) is 0 Å². The summed E-state index contributed by atoms with van der Waals surface area (Å²) in [6, 6.07) is 0. The van der Waals surface area contributed by atoms with E-state index in [1.54, 1.807) is 12.5 Å². The van der Waals surface area contributed by atoms with Crippen molar-refractivity contribution in [3.05, 3.63) is 18.2 Å². The number of nitrogens with zero attached hydrogens (tertiary/aromatic N) is 1. The van der Waals surface area contributed by atoms with E-state index in [9.17, 15) is 0 Å². The molecule has 2 N–H and O–H groups in total. The van der Waals surface area contributed by atoms with Gasteiger partial charge in [-0.15, -0.1) is 11.6 Å². The van der Waals surface area contributed by atoms with Gasteiger partial charge in [-0.2, -0.15) is 0 Å². The summed E-state index contributed by atoms with van der Waals surface area (Å²) >= 11 is 5.38. The number of aromatic amines is 1. The van der Waals surface area contributed by atoms with Crippen LogP contribution in [0.2, 0.25) is 0 Å². The van der Waals surface area contributed by atoms with Gasteiger partial charge in [0.1, 0.15) is 0 Å². The van der Waals surface area contributed by atoms with Gasteiger partial charge >= 0.3 is 0 Å². The molecule has 1 unspecified atom stereocenters. The Hall–Kier alpha value is -0.540. The minimum Gasteiger partial charge on any atom is -0.391 e. The number of hydrogen-bond donors (Lipinski definition) is 2. The zero-order chi connectivity index (χ0) is 7.40. The number of H-pyrrole nitrogens is 1. The molecule has 1 aromatic rings. The molecule has 0 radical (unpaired) electrons. The summed E-state index contributed by atoms with van der Waals surface area (Å²) in [5, 5.41) is 9.05. The molecule has 0 aliphatic rings. The molecule has 1 aromatic heterocycles. The van der Waals surface area contributed by atoms with Crippen LogP contribution in [0.5, 0.6) is 0 Å². The first-order valence-corrected chi connectivity index (χ1v) is 3.57. The molecule has 4 heteroatoms. The van der Waals surface area contributed by atoms with Crippen molar-refractivity contribution in [1.29, 1.82) is 0 Å². The lowest BCUT2D eigenvalue weighted by Gasteiger charge is -2.02. The lowest BCUT2D eigenvalue weighted by Crippen LogP contribution is -2.11. The van der Waals surface area contributed by atoms with Crippen LogP contribution in [-0.2, 0) is 6.42 Å². The van der Waals surface area contributed by atoms with Crippen molar-refractivity contribution in [2.45, 2.75) is 12.5 Å². The summed E-state index contributed by atoms with van der Waals surface area (Å²) in [6.07, 6.45) is 3.33. The summed E-state index contributed by atoms with van der Waals surface area (Å²) in [5.74, 6) is 0.263. The second kappa shape index (κ2) is 3.58. The topological polar surface area (TPSA) is 48.9 Å². The quantitative estimate of drug-likeness (QED) is 0.635. The van der Waals surface area contributed by atoms with E-state index in [1.807, 2.05) is 0 Å². The van der Waals surface area contributed by atoms with Crippen LogP contribution in [0.4, 0.5) is 0 Å². The van der Waals surface area contributed by atoms with E-state index in [4.69, 9.17) is 16.7 Å². The van der Waals surface area contributed by atoms with Crippen molar-refractivity contribution in [3.8, 4) is 0 Å². The Bertz CT molecular complexity index is 176. The predicted octanol–water partition coefficient (Wildman–Crippen LogP) is 0.552. The fraction of sp³-hybridized carbons (Fsp3) is 0.500. The second-order valence-electron chi connectivity index (χ2n) is 2.09. The third-order valence-electron chi connectivity index (χ3n) is 1.19. The van der Waals surface area contributed by atoms with E-state index < -0.39 is 6.10 Å². The number of aromatic nitrogens is 2. The van der Waals surface area contributed by atoms with Gasteiger partial charge in [0.05, 0.1) is 12.4 Å². The highest BCUT2D eigenvalue weighted by Crippen LogP contribution is 1.98. The van der Waals surface area contributed by atoms with Gasteiger partial charge in [0.25, 0.3) is 0 Å². The van der Waals surface area contributed by atoms with E-state index in [1.165, 1.54) is 0 Å². The molecule has 56 valence electrons. The van der Waals surface area contributed by atoms with E-state index in [2.05, 4.69) is 9.97 Å². The summed E-state index contributed by atoms with van der Waals surface area (Å²) in [5.41, 5.74) is 0.910. The molecule has 1 heterocycles. The molecule has 3 nitrogen and oxygen atoms in total. The van der Waals surface area contributed by atoms with Crippen molar-refractivity contribution < 1.29 is 5.11 Å². The molecule has 0 spiro atoms. The minimum absolute atomic E-state index is 0.263. The number of aliphatic hydroxyl groups is 1. The summed E-state index contributed by atoms with van der Waals surface area (Å²) < 4.78 is 0. The van der Waals surface area contributed by atoms with E-state index in [0.29, 0.717) is 6.42 Å². The lowest BCUT2D eigenvalue weighted by molar-refractivity contribution is 0.197. The average molecular weight is 161 g/mol. The highest BCUT2D eigenvalue weighted by atomic mass is 35.5. The molecule has 0 aliphatic carbocycles. The molecule has 0 aromatic carbocycles. The molecular weight excluding hydrogens is 152 g/mol. The molecule has 0 bridgehead atoms.